The maximum atomic E-state index is 12.9. The molecule has 0 unspecified atom stereocenters. The lowest BCUT2D eigenvalue weighted by Gasteiger charge is -2.14. The number of thioether (sulfide) groups is 1. The monoisotopic (exact) mass is 479 g/mol. The predicted molar refractivity (Wildman–Crippen MR) is 132 cm³/mol. The Labute approximate surface area is 202 Å². The molecule has 3 aromatic carbocycles. The maximum absolute atomic E-state index is 12.9. The number of nitrogens with zero attached hydrogens (tertiary/aromatic N) is 1. The number of hydrogen-bond donors (Lipinski definition) is 0. The quantitative estimate of drug-likeness (QED) is 0.300. The second-order valence-corrected chi connectivity index (χ2v) is 8.40. The van der Waals surface area contributed by atoms with Gasteiger partial charge in [0.2, 0.25) is 0 Å². The van der Waals surface area contributed by atoms with Gasteiger partial charge in [0.25, 0.3) is 11.1 Å². The molecule has 3 aromatic rings. The van der Waals surface area contributed by atoms with E-state index in [1.54, 1.807) is 32.4 Å². The molecule has 4 rings (SSSR count). The molecular weight excluding hydrogens is 454 g/mol. The van der Waals surface area contributed by atoms with Gasteiger partial charge in [-0.15, -0.1) is 0 Å². The van der Waals surface area contributed by atoms with Crippen LogP contribution in [0.5, 0.6) is 17.2 Å². The first-order valence-electron chi connectivity index (χ1n) is 10.8. The van der Waals surface area contributed by atoms with Gasteiger partial charge in [-0.1, -0.05) is 42.5 Å². The Balaban J connectivity index is 1.41. The zero-order valence-electron chi connectivity index (χ0n) is 19.0. The van der Waals surface area contributed by atoms with E-state index in [0.29, 0.717) is 29.6 Å². The van der Waals surface area contributed by atoms with Gasteiger partial charge in [0.1, 0.15) is 19.0 Å². The van der Waals surface area contributed by atoms with Gasteiger partial charge in [0.15, 0.2) is 11.5 Å². The van der Waals surface area contributed by atoms with E-state index in [1.807, 2.05) is 48.5 Å². The predicted octanol–water partition coefficient (Wildman–Crippen LogP) is 4.99. The molecule has 34 heavy (non-hydrogen) atoms. The van der Waals surface area contributed by atoms with Crippen molar-refractivity contribution in [2.45, 2.75) is 0 Å². The summed E-state index contributed by atoms with van der Waals surface area (Å²) in [6.45, 7) is 1.23. The van der Waals surface area contributed by atoms with E-state index in [0.717, 1.165) is 33.8 Å². The smallest absolute Gasteiger partial charge is 0.293 e. The van der Waals surface area contributed by atoms with Gasteiger partial charge < -0.3 is 18.9 Å². The van der Waals surface area contributed by atoms with Crippen LogP contribution in [0.25, 0.3) is 16.8 Å². The molecular formula is C26H25NO6S. The number of hydrogen-bond acceptors (Lipinski definition) is 7. The van der Waals surface area contributed by atoms with Crippen LogP contribution in [-0.4, -0.2) is 56.6 Å². The normalized spacial score (nSPS) is 14.8. The number of ether oxygens (including phenoxy) is 4. The Morgan fingerprint density at radius 1 is 0.853 bits per heavy atom. The topological polar surface area (TPSA) is 74.3 Å². The number of methoxy groups -OCH3 is 2. The van der Waals surface area contributed by atoms with Gasteiger partial charge >= 0.3 is 0 Å². The first kappa shape index (κ1) is 23.7. The first-order chi connectivity index (χ1) is 16.6. The summed E-state index contributed by atoms with van der Waals surface area (Å²) in [4.78, 5) is 26.9. The zero-order chi connectivity index (χ0) is 23.9. The van der Waals surface area contributed by atoms with Crippen molar-refractivity contribution in [3.8, 4) is 17.2 Å². The Hall–Kier alpha value is -3.49. The van der Waals surface area contributed by atoms with Crippen molar-refractivity contribution in [2.75, 3.05) is 40.6 Å². The third kappa shape index (κ3) is 5.35. The van der Waals surface area contributed by atoms with Gasteiger partial charge in [0, 0.05) is 12.5 Å². The molecule has 1 aliphatic heterocycles. The fourth-order valence-corrected chi connectivity index (χ4v) is 4.41. The summed E-state index contributed by atoms with van der Waals surface area (Å²) in [6, 6.07) is 19.1. The molecule has 0 radical (unpaired) electrons. The minimum absolute atomic E-state index is 0.167. The maximum Gasteiger partial charge on any atom is 0.293 e. The summed E-state index contributed by atoms with van der Waals surface area (Å²) in [5.41, 5.74) is 0.730. The van der Waals surface area contributed by atoms with Crippen LogP contribution in [0.3, 0.4) is 0 Å². The number of carbonyl (C=O) groups is 2. The summed E-state index contributed by atoms with van der Waals surface area (Å²) in [5.74, 6) is 1.50. The standard InChI is InChI=1S/C26H25NO6S/c1-30-14-15-33-22-11-10-18(16-23(22)31-2)17-24-25(28)27(26(29)34-24)12-13-32-21-9-5-7-19-6-3-4-8-20(19)21/h3-11,16-17H,12-15H2,1-2H3/b24-17-. The van der Waals surface area contributed by atoms with Gasteiger partial charge in [-0.2, -0.15) is 0 Å². The summed E-state index contributed by atoms with van der Waals surface area (Å²) in [7, 11) is 3.15. The number of carbonyl (C=O) groups excluding carboxylic acids is 2. The molecule has 0 N–H and O–H groups in total. The van der Waals surface area contributed by atoms with E-state index < -0.39 is 0 Å². The van der Waals surface area contributed by atoms with Crippen molar-refractivity contribution < 1.29 is 28.5 Å². The minimum Gasteiger partial charge on any atom is -0.493 e. The van der Waals surface area contributed by atoms with Gasteiger partial charge in [-0.25, -0.2) is 0 Å². The molecule has 1 heterocycles. The molecule has 176 valence electrons. The summed E-state index contributed by atoms with van der Waals surface area (Å²) < 4.78 is 21.9. The van der Waals surface area contributed by atoms with E-state index in [4.69, 9.17) is 18.9 Å². The third-order valence-corrected chi connectivity index (χ3v) is 6.13. The fraction of sp³-hybridized carbons (Fsp3) is 0.231. The van der Waals surface area contributed by atoms with Gasteiger partial charge in [-0.05, 0) is 47.0 Å². The zero-order valence-corrected chi connectivity index (χ0v) is 19.8. The van der Waals surface area contributed by atoms with Crippen LogP contribution in [0.4, 0.5) is 4.79 Å². The Morgan fingerprint density at radius 2 is 1.65 bits per heavy atom. The highest BCUT2D eigenvalue weighted by atomic mass is 32.2. The highest BCUT2D eigenvalue weighted by molar-refractivity contribution is 8.18. The lowest BCUT2D eigenvalue weighted by atomic mass is 10.1. The van der Waals surface area contributed by atoms with Crippen molar-refractivity contribution in [3.05, 3.63) is 71.1 Å². The van der Waals surface area contributed by atoms with E-state index >= 15 is 0 Å². The second-order valence-electron chi connectivity index (χ2n) is 7.41. The molecule has 0 atom stereocenters. The van der Waals surface area contributed by atoms with Crippen LogP contribution in [0.2, 0.25) is 0 Å². The van der Waals surface area contributed by atoms with E-state index in [2.05, 4.69) is 0 Å². The van der Waals surface area contributed by atoms with Crippen molar-refractivity contribution in [2.24, 2.45) is 0 Å². The van der Waals surface area contributed by atoms with Crippen molar-refractivity contribution in [1.82, 2.24) is 4.90 Å². The number of amides is 2. The van der Waals surface area contributed by atoms with E-state index in [9.17, 15) is 9.59 Å². The number of benzene rings is 3. The van der Waals surface area contributed by atoms with Crippen LogP contribution in [0, 0.1) is 0 Å². The molecule has 0 aromatic heterocycles. The lowest BCUT2D eigenvalue weighted by Crippen LogP contribution is -2.32. The van der Waals surface area contributed by atoms with E-state index in [1.165, 1.54) is 4.90 Å². The second kappa shape index (κ2) is 11.1. The van der Waals surface area contributed by atoms with Crippen LogP contribution in [0.1, 0.15) is 5.56 Å². The SMILES string of the molecule is COCCOc1ccc(/C=C2\SC(=O)N(CCOc3cccc4ccccc34)C2=O)cc1OC. The van der Waals surface area contributed by atoms with Crippen molar-refractivity contribution in [1.29, 1.82) is 0 Å². The number of rotatable bonds is 10. The molecule has 0 bridgehead atoms. The highest BCUT2D eigenvalue weighted by Gasteiger charge is 2.34. The summed E-state index contributed by atoms with van der Waals surface area (Å²) in [6.07, 6.45) is 1.68. The van der Waals surface area contributed by atoms with Gasteiger partial charge in [-0.3, -0.25) is 14.5 Å². The molecule has 0 saturated carbocycles. The highest BCUT2D eigenvalue weighted by Crippen LogP contribution is 2.34. The Kier molecular flexibility index (Phi) is 7.72. The molecule has 1 fully saturated rings. The van der Waals surface area contributed by atoms with Crippen molar-refractivity contribution in [3.63, 3.8) is 0 Å². The lowest BCUT2D eigenvalue weighted by molar-refractivity contribution is -0.123. The van der Waals surface area contributed by atoms with Crippen LogP contribution in [0.15, 0.2) is 65.6 Å². The van der Waals surface area contributed by atoms with Crippen LogP contribution >= 0.6 is 11.8 Å². The minimum atomic E-state index is -0.337. The van der Waals surface area contributed by atoms with E-state index in [-0.39, 0.29) is 24.3 Å². The van der Waals surface area contributed by atoms with Crippen LogP contribution < -0.4 is 14.2 Å². The van der Waals surface area contributed by atoms with Gasteiger partial charge in [0.05, 0.1) is 25.2 Å². The average molecular weight is 480 g/mol. The molecule has 0 aliphatic carbocycles. The molecule has 1 aliphatic rings. The molecule has 1 saturated heterocycles. The number of imide groups is 1. The third-order valence-electron chi connectivity index (χ3n) is 5.23. The van der Waals surface area contributed by atoms with Crippen LogP contribution in [-0.2, 0) is 9.53 Å². The molecule has 7 nitrogen and oxygen atoms in total. The molecule has 2 amide bonds. The first-order valence-corrected chi connectivity index (χ1v) is 11.6. The summed E-state index contributed by atoms with van der Waals surface area (Å²) >= 11 is 0.914. The number of fused-ring (bicyclic) bond motifs is 1. The Bertz CT molecular complexity index is 1220. The van der Waals surface area contributed by atoms with Crippen molar-refractivity contribution >= 4 is 39.8 Å². The largest absolute Gasteiger partial charge is 0.493 e. The average Bonchev–Trinajstić information content (AvgIpc) is 3.12. The summed E-state index contributed by atoms with van der Waals surface area (Å²) in [5, 5.41) is 1.74. The molecule has 8 heteroatoms. The Morgan fingerprint density at radius 3 is 2.47 bits per heavy atom. The molecule has 0 spiro atoms. The fourth-order valence-electron chi connectivity index (χ4n) is 3.54.